The molecule has 2 aromatic carbocycles. The lowest BCUT2D eigenvalue weighted by Crippen LogP contribution is -2.23. The molecule has 4 heteroatoms. The van der Waals surface area contributed by atoms with Crippen LogP contribution in [0.4, 0.5) is 8.78 Å². The van der Waals surface area contributed by atoms with Gasteiger partial charge in [-0.15, -0.1) is 0 Å². The highest BCUT2D eigenvalue weighted by Crippen LogP contribution is 2.22. The van der Waals surface area contributed by atoms with E-state index in [4.69, 9.17) is 11.6 Å². The first-order valence-electron chi connectivity index (χ1n) is 6.53. The Bertz CT molecular complexity index is 569. The Balaban J connectivity index is 2.25. The molecule has 2 aromatic rings. The number of nitrogens with one attached hydrogen (secondary N) is 1. The average Bonchev–Trinajstić information content (AvgIpc) is 2.44. The molecule has 1 unspecified atom stereocenters. The molecular formula is C16H16ClF2N. The maximum absolute atomic E-state index is 13.8. The molecule has 0 fully saturated rings. The van der Waals surface area contributed by atoms with E-state index in [0.29, 0.717) is 17.0 Å². The van der Waals surface area contributed by atoms with Crippen molar-refractivity contribution in [3.05, 3.63) is 70.2 Å². The van der Waals surface area contributed by atoms with Crippen molar-refractivity contribution in [1.29, 1.82) is 0 Å². The molecule has 0 aliphatic rings. The molecule has 0 saturated carbocycles. The first-order chi connectivity index (χ1) is 9.61. The smallest absolute Gasteiger partial charge is 0.162 e. The summed E-state index contributed by atoms with van der Waals surface area (Å²) in [5.41, 5.74) is 1.37. The summed E-state index contributed by atoms with van der Waals surface area (Å²) in [7, 11) is 0. The van der Waals surface area contributed by atoms with Crippen LogP contribution in [0, 0.1) is 11.6 Å². The summed E-state index contributed by atoms with van der Waals surface area (Å²) in [5, 5.41) is 3.93. The molecule has 2 rings (SSSR count). The maximum Gasteiger partial charge on any atom is 0.162 e. The normalized spacial score (nSPS) is 12.4. The molecule has 0 saturated heterocycles. The third kappa shape index (κ3) is 3.56. The summed E-state index contributed by atoms with van der Waals surface area (Å²) < 4.78 is 27.0. The molecule has 0 amide bonds. The van der Waals surface area contributed by atoms with Crippen molar-refractivity contribution in [1.82, 2.24) is 5.32 Å². The van der Waals surface area contributed by atoms with Crippen molar-refractivity contribution in [2.45, 2.75) is 19.4 Å². The fourth-order valence-corrected chi connectivity index (χ4v) is 2.30. The van der Waals surface area contributed by atoms with Gasteiger partial charge in [-0.3, -0.25) is 0 Å². The Labute approximate surface area is 122 Å². The Kier molecular flexibility index (Phi) is 5.10. The lowest BCUT2D eigenvalue weighted by molar-refractivity contribution is 0.481. The molecule has 0 bridgehead atoms. The first kappa shape index (κ1) is 14.9. The van der Waals surface area contributed by atoms with Crippen LogP contribution in [0.25, 0.3) is 0 Å². The minimum Gasteiger partial charge on any atom is -0.310 e. The highest BCUT2D eigenvalue weighted by Gasteiger charge is 2.15. The van der Waals surface area contributed by atoms with Crippen molar-refractivity contribution in [3.63, 3.8) is 0 Å². The molecule has 1 nitrogen and oxygen atoms in total. The largest absolute Gasteiger partial charge is 0.310 e. The van der Waals surface area contributed by atoms with Crippen LogP contribution >= 0.6 is 11.6 Å². The monoisotopic (exact) mass is 295 g/mol. The van der Waals surface area contributed by atoms with E-state index in [1.165, 1.54) is 6.07 Å². The fraction of sp³-hybridized carbons (Fsp3) is 0.250. The maximum atomic E-state index is 13.8. The molecular weight excluding hydrogens is 280 g/mol. The third-order valence-electron chi connectivity index (χ3n) is 3.18. The number of hydrogen-bond donors (Lipinski definition) is 1. The quantitative estimate of drug-likeness (QED) is 0.855. The summed E-state index contributed by atoms with van der Waals surface area (Å²) in [6, 6.07) is 11.6. The van der Waals surface area contributed by atoms with Gasteiger partial charge in [-0.2, -0.15) is 0 Å². The van der Waals surface area contributed by atoms with Crippen molar-refractivity contribution < 1.29 is 8.78 Å². The predicted octanol–water partition coefficient (Wildman–Crippen LogP) is 4.51. The van der Waals surface area contributed by atoms with Crippen molar-refractivity contribution >= 4 is 11.6 Å². The van der Waals surface area contributed by atoms with E-state index < -0.39 is 11.6 Å². The zero-order chi connectivity index (χ0) is 14.5. The van der Waals surface area contributed by atoms with E-state index in [2.05, 4.69) is 5.32 Å². The van der Waals surface area contributed by atoms with Gasteiger partial charge in [0.2, 0.25) is 0 Å². The van der Waals surface area contributed by atoms with Crippen LogP contribution < -0.4 is 5.32 Å². The van der Waals surface area contributed by atoms with E-state index in [0.717, 1.165) is 18.2 Å². The molecule has 20 heavy (non-hydrogen) atoms. The predicted molar refractivity (Wildman–Crippen MR) is 77.9 cm³/mol. The Morgan fingerprint density at radius 1 is 1.10 bits per heavy atom. The van der Waals surface area contributed by atoms with Crippen LogP contribution in [-0.4, -0.2) is 6.54 Å². The summed E-state index contributed by atoms with van der Waals surface area (Å²) in [4.78, 5) is 0. The third-order valence-corrected chi connectivity index (χ3v) is 3.43. The minimum absolute atomic E-state index is 0.0754. The van der Waals surface area contributed by atoms with Crippen LogP contribution in [0.5, 0.6) is 0 Å². The topological polar surface area (TPSA) is 12.0 Å². The lowest BCUT2D eigenvalue weighted by Gasteiger charge is -2.19. The number of hydrogen-bond acceptors (Lipinski definition) is 1. The van der Waals surface area contributed by atoms with E-state index in [1.807, 2.05) is 19.1 Å². The second kappa shape index (κ2) is 6.82. The van der Waals surface area contributed by atoms with Gasteiger partial charge >= 0.3 is 0 Å². The lowest BCUT2D eigenvalue weighted by atomic mass is 9.98. The zero-order valence-electron chi connectivity index (χ0n) is 11.2. The summed E-state index contributed by atoms with van der Waals surface area (Å²) >= 11 is 5.87. The minimum atomic E-state index is -0.811. The average molecular weight is 296 g/mol. The Morgan fingerprint density at radius 2 is 1.80 bits per heavy atom. The molecule has 106 valence electrons. The highest BCUT2D eigenvalue weighted by atomic mass is 35.5. The molecule has 0 aliphatic heterocycles. The Morgan fingerprint density at radius 3 is 2.45 bits per heavy atom. The Hall–Kier alpha value is -1.45. The highest BCUT2D eigenvalue weighted by molar-refractivity contribution is 6.30. The van der Waals surface area contributed by atoms with Gasteiger partial charge in [0.05, 0.1) is 0 Å². The van der Waals surface area contributed by atoms with Gasteiger partial charge in [-0.25, -0.2) is 8.78 Å². The second-order valence-electron chi connectivity index (χ2n) is 4.58. The van der Waals surface area contributed by atoms with E-state index in [1.54, 1.807) is 18.2 Å². The van der Waals surface area contributed by atoms with Gasteiger partial charge < -0.3 is 5.32 Å². The van der Waals surface area contributed by atoms with Crippen LogP contribution in [0.3, 0.4) is 0 Å². The molecule has 0 spiro atoms. The van der Waals surface area contributed by atoms with Gasteiger partial charge in [-0.05, 0) is 42.3 Å². The molecule has 0 aromatic heterocycles. The van der Waals surface area contributed by atoms with E-state index >= 15 is 0 Å². The van der Waals surface area contributed by atoms with Crippen molar-refractivity contribution in [2.24, 2.45) is 0 Å². The second-order valence-corrected chi connectivity index (χ2v) is 5.02. The zero-order valence-corrected chi connectivity index (χ0v) is 11.9. The SMILES string of the molecule is CCNC(Cc1cccc(F)c1F)c1ccc(Cl)cc1. The number of benzene rings is 2. The van der Waals surface area contributed by atoms with Crippen LogP contribution in [0.15, 0.2) is 42.5 Å². The standard InChI is InChI=1S/C16H16ClF2N/c1-2-20-15(11-6-8-13(17)9-7-11)10-12-4-3-5-14(18)16(12)19/h3-9,15,20H,2,10H2,1H3. The molecule has 0 aliphatic carbocycles. The van der Waals surface area contributed by atoms with Gasteiger partial charge in [0.15, 0.2) is 11.6 Å². The first-order valence-corrected chi connectivity index (χ1v) is 6.91. The van der Waals surface area contributed by atoms with Crippen LogP contribution in [0.1, 0.15) is 24.1 Å². The van der Waals surface area contributed by atoms with Crippen LogP contribution in [-0.2, 0) is 6.42 Å². The number of rotatable bonds is 5. The van der Waals surface area contributed by atoms with E-state index in [9.17, 15) is 8.78 Å². The fourth-order valence-electron chi connectivity index (χ4n) is 2.18. The number of likely N-dealkylation sites (N-methyl/N-ethyl adjacent to an activating group) is 1. The molecule has 0 radical (unpaired) electrons. The summed E-state index contributed by atoms with van der Waals surface area (Å²) in [6.07, 6.45) is 0.388. The van der Waals surface area contributed by atoms with Crippen molar-refractivity contribution in [2.75, 3.05) is 6.54 Å². The van der Waals surface area contributed by atoms with Crippen LogP contribution in [0.2, 0.25) is 5.02 Å². The van der Waals surface area contributed by atoms with Gasteiger partial charge in [0, 0.05) is 11.1 Å². The number of halogens is 3. The molecule has 1 atom stereocenters. The van der Waals surface area contributed by atoms with Gasteiger partial charge in [0.25, 0.3) is 0 Å². The van der Waals surface area contributed by atoms with Crippen molar-refractivity contribution in [3.8, 4) is 0 Å². The summed E-state index contributed by atoms with van der Waals surface area (Å²) in [5.74, 6) is -1.58. The van der Waals surface area contributed by atoms with Gasteiger partial charge in [-0.1, -0.05) is 42.8 Å². The molecule has 0 heterocycles. The van der Waals surface area contributed by atoms with Gasteiger partial charge in [0.1, 0.15) is 0 Å². The molecule has 1 N–H and O–H groups in total. The summed E-state index contributed by atoms with van der Waals surface area (Å²) in [6.45, 7) is 2.72. The van der Waals surface area contributed by atoms with E-state index in [-0.39, 0.29) is 6.04 Å².